The van der Waals surface area contributed by atoms with Crippen molar-refractivity contribution in [3.8, 4) is 0 Å². The van der Waals surface area contributed by atoms with Crippen molar-refractivity contribution < 1.29 is 29.0 Å². The molecule has 318 valence electrons. The van der Waals surface area contributed by atoms with Crippen molar-refractivity contribution in [3.63, 3.8) is 0 Å². The third-order valence-corrected chi connectivity index (χ3v) is 10.9. The molecule has 2 fully saturated rings. The minimum atomic E-state index is -1.21. The lowest BCUT2D eigenvalue weighted by molar-refractivity contribution is -0.140. The third kappa shape index (κ3) is 12.6. The number of piperidine rings is 1. The molecule has 0 radical (unpaired) electrons. The van der Waals surface area contributed by atoms with Crippen molar-refractivity contribution in [2.45, 2.75) is 70.6 Å². The van der Waals surface area contributed by atoms with Crippen molar-refractivity contribution >= 4 is 46.3 Å². The summed E-state index contributed by atoms with van der Waals surface area (Å²) in [6.45, 7) is 8.44. The fourth-order valence-corrected chi connectivity index (χ4v) is 7.53. The van der Waals surface area contributed by atoms with E-state index in [-0.39, 0.29) is 47.7 Å². The Labute approximate surface area is 350 Å². The Morgan fingerprint density at radius 1 is 0.967 bits per heavy atom. The number of nitrogens with one attached hydrogen (secondary N) is 3. The molecule has 0 bridgehead atoms. The van der Waals surface area contributed by atoms with Crippen LogP contribution in [0.3, 0.4) is 0 Å². The van der Waals surface area contributed by atoms with Gasteiger partial charge in [0, 0.05) is 75.6 Å². The van der Waals surface area contributed by atoms with E-state index in [0.717, 1.165) is 18.7 Å². The summed E-state index contributed by atoms with van der Waals surface area (Å²) in [4.78, 5) is 77.7. The molecular weight excluding hydrogens is 765 g/mol. The van der Waals surface area contributed by atoms with Crippen LogP contribution in [0.2, 0.25) is 0 Å². The summed E-state index contributed by atoms with van der Waals surface area (Å²) in [5.41, 5.74) is 1.49. The Morgan fingerprint density at radius 2 is 1.73 bits per heavy atom. The van der Waals surface area contributed by atoms with Gasteiger partial charge in [0.1, 0.15) is 0 Å². The number of nitrogens with zero attached hydrogens (tertiary/aromatic N) is 5. The first-order valence-electron chi connectivity index (χ1n) is 20.8. The minimum absolute atomic E-state index is 0.00400. The zero-order valence-electron chi connectivity index (χ0n) is 34.5. The Bertz CT molecular complexity index is 2180. The molecule has 2 saturated heterocycles. The zero-order chi connectivity index (χ0) is 42.5. The molecule has 6 rings (SSSR count). The standard InChI is InChI=1S/C45H56N8O7/c1-32(2)49-40(54)15-13-36-11-10-35(29-47-36)42(56)46-19-6-9-34(27-33-7-4-3-5-8-33)43(57)52-21-17-45(59,18-22-52)30-53-31-48-39-28-37(12-14-38(39)44(53)58)50-41(55)16-20-51-23-25-60-26-24-51/h3-5,7-8,10-15,28-29,31-32,34,59H,6,9,16-27,30H2,1-2H3,(H,46,56)(H,49,54)(H,50,55)/b15-13+/t34-/m0/s1. The van der Waals surface area contributed by atoms with Gasteiger partial charge in [0.15, 0.2) is 0 Å². The number of hydrogen-bond acceptors (Lipinski definition) is 10. The van der Waals surface area contributed by atoms with Crippen LogP contribution in [-0.2, 0) is 32.1 Å². The topological polar surface area (TPSA) is 188 Å². The lowest BCUT2D eigenvalue weighted by Gasteiger charge is -2.39. The van der Waals surface area contributed by atoms with Crippen molar-refractivity contribution in [2.75, 3.05) is 57.8 Å². The lowest BCUT2D eigenvalue weighted by Crippen LogP contribution is -2.51. The van der Waals surface area contributed by atoms with E-state index < -0.39 is 5.60 Å². The van der Waals surface area contributed by atoms with Crippen molar-refractivity contribution in [2.24, 2.45) is 5.92 Å². The van der Waals surface area contributed by atoms with E-state index in [9.17, 15) is 29.1 Å². The molecule has 4 N–H and O–H groups in total. The van der Waals surface area contributed by atoms with Crippen LogP contribution in [0.15, 0.2) is 84.1 Å². The van der Waals surface area contributed by atoms with E-state index in [1.807, 2.05) is 44.2 Å². The summed E-state index contributed by atoms with van der Waals surface area (Å²) in [7, 11) is 0. The second kappa shape index (κ2) is 21.0. The predicted octanol–water partition coefficient (Wildman–Crippen LogP) is 3.41. The molecule has 15 nitrogen and oxygen atoms in total. The molecule has 4 amide bonds. The van der Waals surface area contributed by atoms with Crippen molar-refractivity contribution in [3.05, 3.63) is 106 Å². The molecule has 60 heavy (non-hydrogen) atoms. The number of carbonyl (C=O) groups excluding carboxylic acids is 4. The number of likely N-dealkylation sites (tertiary alicyclic amines) is 1. The summed E-state index contributed by atoms with van der Waals surface area (Å²) < 4.78 is 6.79. The average Bonchev–Trinajstić information content (AvgIpc) is 3.25. The summed E-state index contributed by atoms with van der Waals surface area (Å²) in [5, 5.41) is 20.6. The molecule has 4 heterocycles. The van der Waals surface area contributed by atoms with Gasteiger partial charge < -0.3 is 30.7 Å². The van der Waals surface area contributed by atoms with E-state index in [1.54, 1.807) is 41.3 Å². The quantitative estimate of drug-likeness (QED) is 0.0909. The Kier molecular flexibility index (Phi) is 15.3. The fourth-order valence-electron chi connectivity index (χ4n) is 7.53. The smallest absolute Gasteiger partial charge is 0.261 e. The van der Waals surface area contributed by atoms with Crippen LogP contribution in [0.25, 0.3) is 17.0 Å². The number of carbonyl (C=O) groups is 4. The first-order chi connectivity index (χ1) is 28.9. The van der Waals surface area contributed by atoms with Gasteiger partial charge in [-0.3, -0.25) is 38.4 Å². The fraction of sp³-hybridized carbons (Fsp3) is 0.444. The maximum Gasteiger partial charge on any atom is 0.261 e. The van der Waals surface area contributed by atoms with Crippen molar-refractivity contribution in [1.29, 1.82) is 0 Å². The highest BCUT2D eigenvalue weighted by molar-refractivity contribution is 5.95. The number of anilines is 1. The van der Waals surface area contributed by atoms with Crippen LogP contribution in [-0.4, -0.2) is 117 Å². The molecule has 4 aromatic rings. The van der Waals surface area contributed by atoms with Crippen LogP contribution in [0.1, 0.15) is 67.6 Å². The number of ether oxygens (including phenoxy) is 1. The summed E-state index contributed by atoms with van der Waals surface area (Å²) in [6.07, 6.45) is 8.49. The molecule has 0 aliphatic carbocycles. The maximum absolute atomic E-state index is 14.0. The van der Waals surface area contributed by atoms with Gasteiger partial charge in [-0.1, -0.05) is 30.3 Å². The Morgan fingerprint density at radius 3 is 2.45 bits per heavy atom. The van der Waals surface area contributed by atoms with E-state index in [0.29, 0.717) is 106 Å². The van der Waals surface area contributed by atoms with Crippen LogP contribution < -0.4 is 21.5 Å². The number of pyridine rings is 1. The van der Waals surface area contributed by atoms with Crippen LogP contribution in [0.5, 0.6) is 0 Å². The summed E-state index contributed by atoms with van der Waals surface area (Å²) in [5.74, 6) is -0.948. The van der Waals surface area contributed by atoms with Gasteiger partial charge in [0.2, 0.25) is 17.7 Å². The zero-order valence-corrected chi connectivity index (χ0v) is 34.5. The molecule has 0 unspecified atom stereocenters. The van der Waals surface area contributed by atoms with Crippen LogP contribution in [0, 0.1) is 5.92 Å². The first-order valence-corrected chi connectivity index (χ1v) is 20.8. The van der Waals surface area contributed by atoms with E-state index in [2.05, 4.69) is 30.8 Å². The van der Waals surface area contributed by atoms with Gasteiger partial charge >= 0.3 is 0 Å². The van der Waals surface area contributed by atoms with Crippen LogP contribution >= 0.6 is 0 Å². The Balaban J connectivity index is 0.997. The Hall–Kier alpha value is -5.77. The van der Waals surface area contributed by atoms with Gasteiger partial charge in [0.05, 0.1) is 53.8 Å². The molecule has 1 atom stereocenters. The van der Waals surface area contributed by atoms with E-state index >= 15 is 0 Å². The molecule has 0 saturated carbocycles. The number of benzene rings is 2. The number of aromatic nitrogens is 3. The normalized spacial score (nSPS) is 16.2. The second-order valence-corrected chi connectivity index (χ2v) is 16.0. The van der Waals surface area contributed by atoms with Crippen molar-refractivity contribution in [1.82, 2.24) is 35.0 Å². The highest BCUT2D eigenvalue weighted by atomic mass is 16.5. The lowest BCUT2D eigenvalue weighted by atomic mass is 9.88. The number of aliphatic hydroxyl groups is 1. The number of amides is 4. The minimum Gasteiger partial charge on any atom is -0.388 e. The third-order valence-electron chi connectivity index (χ3n) is 10.9. The molecule has 2 aromatic heterocycles. The molecule has 0 spiro atoms. The first kappa shape index (κ1) is 43.8. The maximum atomic E-state index is 14.0. The van der Waals surface area contributed by atoms with Crippen LogP contribution in [0.4, 0.5) is 5.69 Å². The second-order valence-electron chi connectivity index (χ2n) is 16.0. The SMILES string of the molecule is CC(C)NC(=O)/C=C/c1ccc(C(=O)NCCC[C@@H](Cc2ccccc2)C(=O)N2CCC(O)(Cn3cnc4cc(NC(=O)CCN5CCOCC5)ccc4c3=O)CC2)cn1. The molecular formula is C45H56N8O7. The van der Waals surface area contributed by atoms with E-state index in [4.69, 9.17) is 4.74 Å². The highest BCUT2D eigenvalue weighted by Crippen LogP contribution is 2.27. The predicted molar refractivity (Wildman–Crippen MR) is 229 cm³/mol. The van der Waals surface area contributed by atoms with E-state index in [1.165, 1.54) is 23.2 Å². The highest BCUT2D eigenvalue weighted by Gasteiger charge is 2.36. The average molecular weight is 821 g/mol. The van der Waals surface area contributed by atoms with Gasteiger partial charge in [-0.15, -0.1) is 0 Å². The number of rotatable bonds is 17. The van der Waals surface area contributed by atoms with Gasteiger partial charge in [0.25, 0.3) is 11.5 Å². The number of morpholine rings is 1. The molecule has 15 heteroatoms. The van der Waals surface area contributed by atoms with Gasteiger partial charge in [-0.2, -0.15) is 0 Å². The molecule has 2 aromatic carbocycles. The van der Waals surface area contributed by atoms with Gasteiger partial charge in [-0.25, -0.2) is 4.98 Å². The summed E-state index contributed by atoms with van der Waals surface area (Å²) in [6, 6.07) is 18.2. The monoisotopic (exact) mass is 820 g/mol. The van der Waals surface area contributed by atoms with Gasteiger partial charge in [-0.05, 0) is 87.9 Å². The largest absolute Gasteiger partial charge is 0.388 e. The number of hydrogen-bond donors (Lipinski definition) is 4. The number of fused-ring (bicyclic) bond motifs is 1. The molecule has 2 aliphatic heterocycles. The summed E-state index contributed by atoms with van der Waals surface area (Å²) >= 11 is 0. The molecule has 2 aliphatic rings.